The maximum absolute atomic E-state index is 13.0. The highest BCUT2D eigenvalue weighted by molar-refractivity contribution is 5.92. The Morgan fingerprint density at radius 1 is 1.13 bits per heavy atom. The Bertz CT molecular complexity index is 859. The zero-order chi connectivity index (χ0) is 21.6. The van der Waals surface area contributed by atoms with E-state index in [9.17, 15) is 9.59 Å². The van der Waals surface area contributed by atoms with Crippen molar-refractivity contribution in [3.05, 3.63) is 59.5 Å². The molecule has 6 nitrogen and oxygen atoms in total. The molecule has 1 fully saturated rings. The number of furan rings is 1. The summed E-state index contributed by atoms with van der Waals surface area (Å²) in [6.45, 7) is 3.83. The first-order valence-electron chi connectivity index (χ1n) is 10.7. The Morgan fingerprint density at radius 2 is 1.90 bits per heavy atom. The molecule has 0 aliphatic carbocycles. The lowest BCUT2D eigenvalue weighted by Crippen LogP contribution is -2.64. The number of benzene rings is 1. The third kappa shape index (κ3) is 5.95. The van der Waals surface area contributed by atoms with Gasteiger partial charge in [-0.2, -0.15) is 0 Å². The number of carbonyl (C=O) groups excluding carboxylic acids is 2. The van der Waals surface area contributed by atoms with E-state index in [-0.39, 0.29) is 24.1 Å². The van der Waals surface area contributed by atoms with Crippen molar-refractivity contribution in [2.75, 3.05) is 33.8 Å². The molecule has 1 saturated heterocycles. The Morgan fingerprint density at radius 3 is 2.60 bits per heavy atom. The Kier molecular flexibility index (Phi) is 6.98. The highest BCUT2D eigenvalue weighted by Gasteiger charge is 2.44. The largest absolute Gasteiger partial charge is 0.466 e. The van der Waals surface area contributed by atoms with E-state index in [1.807, 2.05) is 24.3 Å². The van der Waals surface area contributed by atoms with Crippen LogP contribution in [0.3, 0.4) is 0 Å². The fraction of sp³-hybridized carbons (Fsp3) is 0.500. The van der Waals surface area contributed by atoms with Crippen molar-refractivity contribution in [2.24, 2.45) is 0 Å². The van der Waals surface area contributed by atoms with Gasteiger partial charge in [0.15, 0.2) is 5.76 Å². The first-order valence-corrected chi connectivity index (χ1v) is 10.7. The van der Waals surface area contributed by atoms with Gasteiger partial charge >= 0.3 is 5.97 Å². The summed E-state index contributed by atoms with van der Waals surface area (Å²) in [5.41, 5.74) is 0.609. The minimum Gasteiger partial charge on any atom is -0.466 e. The first-order chi connectivity index (χ1) is 14.3. The van der Waals surface area contributed by atoms with E-state index in [1.165, 1.54) is 5.56 Å². The highest BCUT2D eigenvalue weighted by Crippen LogP contribution is 2.28. The first kappa shape index (κ1) is 22.1. The van der Waals surface area contributed by atoms with E-state index in [2.05, 4.69) is 31.5 Å². The number of likely N-dealkylation sites (N-methyl/N-ethyl adjacent to an activating group) is 1. The smallest absolute Gasteiger partial charge is 0.308 e. The number of likely N-dealkylation sites (tertiary alicyclic amines) is 1. The quantitative estimate of drug-likeness (QED) is 0.532. The standard InChI is InChI=1S/C24H32N2O4/c1-4-29-22(27)17-24(15-8-16-26(2,3)18-24)25-23(28)21-14-13-20(30-21)12-11-19-9-6-5-7-10-19/h5-7,9-10,13-14H,4,8,11-12,15-18H2,1-3H3/p+1. The Labute approximate surface area is 178 Å². The summed E-state index contributed by atoms with van der Waals surface area (Å²) in [5, 5.41) is 3.13. The van der Waals surface area contributed by atoms with Crippen molar-refractivity contribution < 1.29 is 23.2 Å². The van der Waals surface area contributed by atoms with E-state index < -0.39 is 5.54 Å². The minimum atomic E-state index is -0.623. The minimum absolute atomic E-state index is 0.176. The van der Waals surface area contributed by atoms with Gasteiger partial charge in [0.25, 0.3) is 5.91 Å². The lowest BCUT2D eigenvalue weighted by molar-refractivity contribution is -0.899. The second-order valence-corrected chi connectivity index (χ2v) is 8.89. The van der Waals surface area contributed by atoms with Crippen LogP contribution >= 0.6 is 0 Å². The van der Waals surface area contributed by atoms with E-state index in [1.54, 1.807) is 13.0 Å². The third-order valence-electron chi connectivity index (χ3n) is 5.70. The predicted molar refractivity (Wildman–Crippen MR) is 115 cm³/mol. The fourth-order valence-corrected chi connectivity index (χ4v) is 4.45. The highest BCUT2D eigenvalue weighted by atomic mass is 16.5. The molecule has 1 unspecified atom stereocenters. The molecule has 1 amide bonds. The van der Waals surface area contributed by atoms with Crippen LogP contribution in [0.4, 0.5) is 0 Å². The molecule has 1 atom stereocenters. The molecule has 1 N–H and O–H groups in total. The molecule has 30 heavy (non-hydrogen) atoms. The van der Waals surface area contributed by atoms with Gasteiger partial charge in [0.1, 0.15) is 12.3 Å². The fourth-order valence-electron chi connectivity index (χ4n) is 4.45. The SMILES string of the molecule is CCOC(=O)CC1(NC(=O)c2ccc(CCc3ccccc3)o2)CCC[N+](C)(C)C1. The van der Waals surface area contributed by atoms with E-state index in [4.69, 9.17) is 9.15 Å². The molecule has 1 aliphatic heterocycles. The Hall–Kier alpha value is -2.60. The summed E-state index contributed by atoms with van der Waals surface area (Å²) < 4.78 is 11.8. The number of hydrogen-bond acceptors (Lipinski definition) is 4. The molecule has 1 aliphatic rings. The van der Waals surface area contributed by atoms with Crippen LogP contribution in [0.1, 0.15) is 48.1 Å². The molecule has 162 valence electrons. The summed E-state index contributed by atoms with van der Waals surface area (Å²) >= 11 is 0. The zero-order valence-corrected chi connectivity index (χ0v) is 18.3. The van der Waals surface area contributed by atoms with Gasteiger partial charge in [-0.15, -0.1) is 0 Å². The number of carbonyl (C=O) groups is 2. The summed E-state index contributed by atoms with van der Waals surface area (Å²) in [6, 6.07) is 13.8. The van der Waals surface area contributed by atoms with Gasteiger partial charge in [-0.1, -0.05) is 30.3 Å². The van der Waals surface area contributed by atoms with Crippen LogP contribution in [0.25, 0.3) is 0 Å². The Balaban J connectivity index is 1.68. The molecular formula is C24H33N2O4+. The van der Waals surface area contributed by atoms with Crippen LogP contribution in [0.5, 0.6) is 0 Å². The molecule has 6 heteroatoms. The summed E-state index contributed by atoms with van der Waals surface area (Å²) in [4.78, 5) is 25.3. The van der Waals surface area contributed by atoms with Gasteiger partial charge < -0.3 is 19.0 Å². The molecule has 0 bridgehead atoms. The molecule has 1 aromatic heterocycles. The van der Waals surface area contributed by atoms with Gasteiger partial charge in [-0.3, -0.25) is 9.59 Å². The van der Waals surface area contributed by atoms with Crippen molar-refractivity contribution in [2.45, 2.75) is 44.6 Å². The normalized spacial score (nSPS) is 20.5. The van der Waals surface area contributed by atoms with Gasteiger partial charge in [0, 0.05) is 6.42 Å². The van der Waals surface area contributed by atoms with E-state index in [0.717, 1.165) is 42.5 Å². The number of hydrogen-bond donors (Lipinski definition) is 1. The molecule has 0 radical (unpaired) electrons. The maximum Gasteiger partial charge on any atom is 0.308 e. The van der Waals surface area contributed by atoms with Crippen molar-refractivity contribution in [3.8, 4) is 0 Å². The number of nitrogens with zero attached hydrogens (tertiary/aromatic N) is 1. The van der Waals surface area contributed by atoms with Gasteiger partial charge in [0.05, 0.1) is 39.2 Å². The molecule has 0 spiro atoms. The average molecular weight is 414 g/mol. The van der Waals surface area contributed by atoms with Crippen molar-refractivity contribution >= 4 is 11.9 Å². The van der Waals surface area contributed by atoms with Crippen LogP contribution in [0.15, 0.2) is 46.9 Å². The average Bonchev–Trinajstić information content (AvgIpc) is 3.15. The number of esters is 1. The number of nitrogens with one attached hydrogen (secondary N) is 1. The van der Waals surface area contributed by atoms with Crippen LogP contribution in [-0.2, 0) is 22.4 Å². The molecule has 2 heterocycles. The predicted octanol–water partition coefficient (Wildman–Crippen LogP) is 3.36. The number of quaternary nitrogens is 1. The van der Waals surface area contributed by atoms with Crippen molar-refractivity contribution in [1.82, 2.24) is 5.32 Å². The lowest BCUT2D eigenvalue weighted by atomic mass is 9.84. The van der Waals surface area contributed by atoms with Crippen molar-refractivity contribution in [1.29, 1.82) is 0 Å². The van der Waals surface area contributed by atoms with Gasteiger partial charge in [0.2, 0.25) is 0 Å². The maximum atomic E-state index is 13.0. The number of amides is 1. The summed E-state index contributed by atoms with van der Waals surface area (Å²) in [5.74, 6) is 0.523. The van der Waals surface area contributed by atoms with Gasteiger partial charge in [-0.05, 0) is 43.9 Å². The molecular weight excluding hydrogens is 380 g/mol. The second kappa shape index (κ2) is 9.47. The van der Waals surface area contributed by atoms with Crippen LogP contribution < -0.4 is 5.32 Å². The lowest BCUT2D eigenvalue weighted by Gasteiger charge is -2.45. The number of piperidine rings is 1. The second-order valence-electron chi connectivity index (χ2n) is 8.89. The summed E-state index contributed by atoms with van der Waals surface area (Å²) in [6.07, 6.45) is 3.45. The van der Waals surface area contributed by atoms with Crippen LogP contribution in [-0.4, -0.2) is 55.7 Å². The third-order valence-corrected chi connectivity index (χ3v) is 5.70. The molecule has 3 rings (SSSR count). The molecule has 2 aromatic rings. The summed E-state index contributed by atoms with van der Waals surface area (Å²) in [7, 11) is 4.25. The number of ether oxygens (including phenoxy) is 1. The van der Waals surface area contributed by atoms with Crippen molar-refractivity contribution in [3.63, 3.8) is 0 Å². The molecule has 1 aromatic carbocycles. The van der Waals surface area contributed by atoms with E-state index >= 15 is 0 Å². The number of aryl methyl sites for hydroxylation is 2. The van der Waals surface area contributed by atoms with Gasteiger partial charge in [-0.25, -0.2) is 0 Å². The van der Waals surface area contributed by atoms with Crippen LogP contribution in [0.2, 0.25) is 0 Å². The molecule has 0 saturated carbocycles. The monoisotopic (exact) mass is 413 g/mol. The topological polar surface area (TPSA) is 68.5 Å². The van der Waals surface area contributed by atoms with Crippen LogP contribution in [0, 0.1) is 0 Å². The van der Waals surface area contributed by atoms with E-state index in [0.29, 0.717) is 13.2 Å². The zero-order valence-electron chi connectivity index (χ0n) is 18.3. The number of rotatable bonds is 8.